The van der Waals surface area contributed by atoms with Crippen molar-refractivity contribution >= 4 is 21.7 Å². The fourth-order valence-electron chi connectivity index (χ4n) is 1.88. The van der Waals surface area contributed by atoms with Crippen molar-refractivity contribution in [3.8, 4) is 11.5 Å². The van der Waals surface area contributed by atoms with Crippen LogP contribution in [0.4, 0.5) is 5.69 Å². The first-order valence-corrected chi connectivity index (χ1v) is 7.94. The van der Waals surface area contributed by atoms with Gasteiger partial charge in [0.05, 0.1) is 24.7 Å². The van der Waals surface area contributed by atoms with Gasteiger partial charge >= 0.3 is 5.97 Å². The quantitative estimate of drug-likeness (QED) is 0.838. The van der Waals surface area contributed by atoms with E-state index < -0.39 is 16.0 Å². The molecule has 7 nitrogen and oxygen atoms in total. The molecule has 0 saturated heterocycles. The Morgan fingerprint density at radius 1 is 1.00 bits per heavy atom. The van der Waals surface area contributed by atoms with Crippen LogP contribution < -0.4 is 14.2 Å². The Hall–Kier alpha value is -2.74. The zero-order chi connectivity index (χ0) is 17.0. The highest BCUT2D eigenvalue weighted by atomic mass is 32.2. The number of anilines is 1. The van der Waals surface area contributed by atoms with Crippen LogP contribution in [0.5, 0.6) is 11.5 Å². The van der Waals surface area contributed by atoms with E-state index in [9.17, 15) is 13.2 Å². The predicted octanol–water partition coefficient (Wildman–Crippen LogP) is 2.20. The summed E-state index contributed by atoms with van der Waals surface area (Å²) >= 11 is 0. The van der Waals surface area contributed by atoms with Crippen LogP contribution >= 0.6 is 0 Å². The minimum Gasteiger partial charge on any atom is -0.493 e. The number of ether oxygens (including phenoxy) is 2. The molecule has 0 unspecified atom stereocenters. The molecule has 0 bridgehead atoms. The number of hydrogen-bond acceptors (Lipinski definition) is 5. The molecule has 0 amide bonds. The minimum absolute atomic E-state index is 0.00235. The molecule has 0 aliphatic carbocycles. The molecule has 2 rings (SSSR count). The molecule has 0 aliphatic rings. The third kappa shape index (κ3) is 3.72. The Labute approximate surface area is 133 Å². The molecule has 8 heteroatoms. The first-order chi connectivity index (χ1) is 10.9. The lowest BCUT2D eigenvalue weighted by atomic mass is 10.2. The molecule has 2 aromatic carbocycles. The van der Waals surface area contributed by atoms with E-state index in [1.807, 2.05) is 0 Å². The van der Waals surface area contributed by atoms with E-state index in [1.54, 1.807) is 0 Å². The van der Waals surface area contributed by atoms with Crippen molar-refractivity contribution in [1.29, 1.82) is 0 Å². The lowest BCUT2D eigenvalue weighted by Gasteiger charge is -2.11. The maximum atomic E-state index is 12.4. The molecule has 0 aliphatic heterocycles. The number of hydrogen-bond donors (Lipinski definition) is 2. The molecule has 0 radical (unpaired) electrons. The number of benzene rings is 2. The van der Waals surface area contributed by atoms with Crippen LogP contribution in [0.25, 0.3) is 0 Å². The van der Waals surface area contributed by atoms with E-state index in [1.165, 1.54) is 56.7 Å². The highest BCUT2D eigenvalue weighted by molar-refractivity contribution is 7.92. The number of sulfonamides is 1. The molecular formula is C15H15NO6S. The van der Waals surface area contributed by atoms with Gasteiger partial charge in [-0.25, -0.2) is 13.2 Å². The maximum Gasteiger partial charge on any atom is 0.335 e. The van der Waals surface area contributed by atoms with Gasteiger partial charge in [-0.1, -0.05) is 0 Å². The fourth-order valence-corrected chi connectivity index (χ4v) is 2.95. The van der Waals surface area contributed by atoms with E-state index in [2.05, 4.69) is 4.72 Å². The molecule has 0 atom stereocenters. The lowest BCUT2D eigenvalue weighted by molar-refractivity contribution is 0.0697. The molecule has 23 heavy (non-hydrogen) atoms. The first kappa shape index (κ1) is 16.6. The summed E-state index contributed by atoms with van der Waals surface area (Å²) in [6.45, 7) is 0. The molecule has 122 valence electrons. The normalized spacial score (nSPS) is 10.9. The Balaban J connectivity index is 2.29. The Bertz CT molecular complexity index is 814. The number of nitrogens with one attached hydrogen (secondary N) is 1. The summed E-state index contributed by atoms with van der Waals surface area (Å²) in [7, 11) is -0.975. The summed E-state index contributed by atoms with van der Waals surface area (Å²) in [4.78, 5) is 10.8. The number of aromatic carboxylic acids is 1. The van der Waals surface area contributed by atoms with Crippen LogP contribution in [-0.2, 0) is 10.0 Å². The largest absolute Gasteiger partial charge is 0.493 e. The summed E-state index contributed by atoms with van der Waals surface area (Å²) in [5.74, 6) is -0.381. The second-order valence-electron chi connectivity index (χ2n) is 4.50. The molecule has 0 saturated carbocycles. The predicted molar refractivity (Wildman–Crippen MR) is 83.8 cm³/mol. The summed E-state index contributed by atoms with van der Waals surface area (Å²) in [5, 5.41) is 8.83. The summed E-state index contributed by atoms with van der Waals surface area (Å²) in [6.07, 6.45) is 0. The van der Waals surface area contributed by atoms with Crippen molar-refractivity contribution in [1.82, 2.24) is 0 Å². The van der Waals surface area contributed by atoms with Crippen molar-refractivity contribution in [3.63, 3.8) is 0 Å². The third-order valence-corrected chi connectivity index (χ3v) is 4.43. The van der Waals surface area contributed by atoms with E-state index >= 15 is 0 Å². The minimum atomic E-state index is -3.84. The third-order valence-electron chi connectivity index (χ3n) is 3.05. The van der Waals surface area contributed by atoms with Gasteiger partial charge in [0.2, 0.25) is 0 Å². The van der Waals surface area contributed by atoms with Crippen LogP contribution in [0.15, 0.2) is 47.4 Å². The summed E-state index contributed by atoms with van der Waals surface area (Å²) < 4.78 is 37.2. The number of carboxylic acids is 1. The second-order valence-corrected chi connectivity index (χ2v) is 6.19. The smallest absolute Gasteiger partial charge is 0.335 e. The zero-order valence-corrected chi connectivity index (χ0v) is 13.3. The Kier molecular flexibility index (Phi) is 4.75. The Morgan fingerprint density at radius 3 is 2.13 bits per heavy atom. The highest BCUT2D eigenvalue weighted by Gasteiger charge is 2.17. The van der Waals surface area contributed by atoms with E-state index in [0.29, 0.717) is 5.75 Å². The standard InChI is InChI=1S/C15H15NO6S/c1-21-13-8-7-12(9-14(13)22-2)23(19,20)16-11-5-3-10(4-6-11)15(17)18/h3-9,16H,1-2H3,(H,17,18). The number of methoxy groups -OCH3 is 2. The van der Waals surface area contributed by atoms with Gasteiger partial charge in [0.1, 0.15) is 0 Å². The van der Waals surface area contributed by atoms with Crippen LogP contribution in [0.1, 0.15) is 10.4 Å². The van der Waals surface area contributed by atoms with Crippen molar-refractivity contribution in [2.24, 2.45) is 0 Å². The summed E-state index contributed by atoms with van der Waals surface area (Å²) in [5.41, 5.74) is 0.323. The molecule has 2 aromatic rings. The van der Waals surface area contributed by atoms with E-state index in [0.717, 1.165) is 0 Å². The molecule has 2 N–H and O–H groups in total. The van der Waals surface area contributed by atoms with Gasteiger partial charge in [-0.05, 0) is 36.4 Å². The topological polar surface area (TPSA) is 102 Å². The maximum absolute atomic E-state index is 12.4. The fraction of sp³-hybridized carbons (Fsp3) is 0.133. The van der Waals surface area contributed by atoms with Crippen molar-refractivity contribution < 1.29 is 27.8 Å². The summed E-state index contributed by atoms with van der Waals surface area (Å²) in [6, 6.07) is 9.59. The van der Waals surface area contributed by atoms with Gasteiger partial charge in [0.15, 0.2) is 11.5 Å². The van der Waals surface area contributed by atoms with Crippen LogP contribution in [-0.4, -0.2) is 33.7 Å². The first-order valence-electron chi connectivity index (χ1n) is 6.45. The van der Waals surface area contributed by atoms with Gasteiger partial charge in [-0.2, -0.15) is 0 Å². The zero-order valence-electron chi connectivity index (χ0n) is 12.4. The van der Waals surface area contributed by atoms with Gasteiger partial charge in [-0.15, -0.1) is 0 Å². The van der Waals surface area contributed by atoms with E-state index in [4.69, 9.17) is 14.6 Å². The number of carboxylic acid groups (broad SMARTS) is 1. The van der Waals surface area contributed by atoms with Gasteiger partial charge in [0.25, 0.3) is 10.0 Å². The molecule has 0 heterocycles. The van der Waals surface area contributed by atoms with Crippen LogP contribution in [0, 0.1) is 0 Å². The van der Waals surface area contributed by atoms with Crippen LogP contribution in [0.2, 0.25) is 0 Å². The van der Waals surface area contributed by atoms with Gasteiger partial charge in [0, 0.05) is 11.8 Å². The molecular weight excluding hydrogens is 322 g/mol. The highest BCUT2D eigenvalue weighted by Crippen LogP contribution is 2.30. The van der Waals surface area contributed by atoms with E-state index in [-0.39, 0.29) is 21.9 Å². The number of carbonyl (C=O) groups is 1. The average Bonchev–Trinajstić information content (AvgIpc) is 2.54. The second kappa shape index (κ2) is 6.57. The van der Waals surface area contributed by atoms with Gasteiger partial charge in [-0.3, -0.25) is 4.72 Å². The van der Waals surface area contributed by atoms with Crippen molar-refractivity contribution in [2.45, 2.75) is 4.90 Å². The number of rotatable bonds is 6. The van der Waals surface area contributed by atoms with Crippen LogP contribution in [0.3, 0.4) is 0 Å². The molecule has 0 aromatic heterocycles. The molecule has 0 spiro atoms. The van der Waals surface area contributed by atoms with Gasteiger partial charge < -0.3 is 14.6 Å². The van der Waals surface area contributed by atoms with Crippen molar-refractivity contribution in [3.05, 3.63) is 48.0 Å². The average molecular weight is 337 g/mol. The lowest BCUT2D eigenvalue weighted by Crippen LogP contribution is -2.13. The SMILES string of the molecule is COc1ccc(S(=O)(=O)Nc2ccc(C(=O)O)cc2)cc1OC. The monoisotopic (exact) mass is 337 g/mol. The van der Waals surface area contributed by atoms with Crippen molar-refractivity contribution in [2.75, 3.05) is 18.9 Å². The molecule has 0 fully saturated rings. The Morgan fingerprint density at radius 2 is 1.61 bits per heavy atom.